The van der Waals surface area contributed by atoms with Gasteiger partial charge in [0, 0.05) is 5.57 Å². The summed E-state index contributed by atoms with van der Waals surface area (Å²) in [5, 5.41) is 0. The Morgan fingerprint density at radius 1 is 0.694 bits per heavy atom. The third-order valence-corrected chi connectivity index (χ3v) is 5.47. The van der Waals surface area contributed by atoms with Crippen LogP contribution in [0.25, 0.3) is 11.1 Å². The zero-order chi connectivity index (χ0) is 25.8. The van der Waals surface area contributed by atoms with E-state index in [2.05, 4.69) is 6.58 Å². The molecular weight excluding hydrogens is 456 g/mol. The molecule has 36 heavy (non-hydrogen) atoms. The topological polar surface area (TPSA) is 71.1 Å². The highest BCUT2D eigenvalue weighted by Crippen LogP contribution is 2.24. The van der Waals surface area contributed by atoms with E-state index in [4.69, 9.17) is 18.9 Å². The summed E-state index contributed by atoms with van der Waals surface area (Å²) in [5.41, 5.74) is 2.93. The molecule has 0 spiro atoms. The molecule has 0 atom stereocenters. The fraction of sp³-hybridized carbons (Fsp3) is 0.267. The highest BCUT2D eigenvalue weighted by Gasteiger charge is 2.09. The van der Waals surface area contributed by atoms with Crippen molar-refractivity contribution in [3.8, 4) is 28.4 Å². The molecule has 0 bridgehead atoms. The lowest BCUT2D eigenvalue weighted by atomic mass is 10.0. The smallest absolute Gasteiger partial charge is 0.343 e. The molecule has 0 saturated carbocycles. The number of benzene rings is 3. The van der Waals surface area contributed by atoms with Crippen molar-refractivity contribution in [1.29, 1.82) is 0 Å². The Hall–Kier alpha value is -4.06. The highest BCUT2D eigenvalue weighted by atomic mass is 16.5. The van der Waals surface area contributed by atoms with Gasteiger partial charge in [-0.1, -0.05) is 30.8 Å². The van der Waals surface area contributed by atoms with Gasteiger partial charge in [-0.3, -0.25) is 0 Å². The van der Waals surface area contributed by atoms with Crippen molar-refractivity contribution < 1.29 is 28.5 Å². The molecule has 6 heteroatoms. The van der Waals surface area contributed by atoms with Crippen LogP contribution in [0.5, 0.6) is 17.2 Å². The molecule has 0 aliphatic heterocycles. The Morgan fingerprint density at radius 3 is 1.81 bits per heavy atom. The Balaban J connectivity index is 1.37. The van der Waals surface area contributed by atoms with Crippen molar-refractivity contribution >= 4 is 11.9 Å². The second kappa shape index (κ2) is 13.7. The van der Waals surface area contributed by atoms with E-state index in [1.807, 2.05) is 36.4 Å². The number of carbonyl (C=O) groups excluding carboxylic acids is 2. The number of carbonyl (C=O) groups is 2. The standard InChI is InChI=1S/C30H32O6/c1-22(2)29(31)35-21-7-5-4-6-20-34-27-16-18-28(19-17-27)36-30(32)25-10-8-23(9-11-25)24-12-14-26(33-3)15-13-24/h8-19H,1,4-7,20-21H2,2-3H3. The number of esters is 2. The molecule has 0 heterocycles. The number of ether oxygens (including phenoxy) is 4. The van der Waals surface area contributed by atoms with Crippen LogP contribution in [0.4, 0.5) is 0 Å². The molecule has 0 N–H and O–H groups in total. The maximum absolute atomic E-state index is 12.5. The minimum absolute atomic E-state index is 0.338. The first-order valence-electron chi connectivity index (χ1n) is 12.0. The Morgan fingerprint density at radius 2 is 1.22 bits per heavy atom. The lowest BCUT2D eigenvalue weighted by Gasteiger charge is -2.09. The summed E-state index contributed by atoms with van der Waals surface area (Å²) in [6.07, 6.45) is 3.67. The van der Waals surface area contributed by atoms with E-state index in [1.54, 1.807) is 50.4 Å². The summed E-state index contributed by atoms with van der Waals surface area (Å²) in [5.74, 6) is 1.21. The third kappa shape index (κ3) is 8.31. The Kier molecular flexibility index (Phi) is 10.1. The average molecular weight is 489 g/mol. The van der Waals surface area contributed by atoms with Crippen molar-refractivity contribution in [1.82, 2.24) is 0 Å². The van der Waals surface area contributed by atoms with Crippen molar-refractivity contribution in [2.45, 2.75) is 32.6 Å². The molecule has 0 aliphatic carbocycles. The predicted molar refractivity (Wildman–Crippen MR) is 140 cm³/mol. The predicted octanol–water partition coefficient (Wildman–Crippen LogP) is 6.64. The summed E-state index contributed by atoms with van der Waals surface area (Å²) in [6, 6.07) is 22.0. The summed E-state index contributed by atoms with van der Waals surface area (Å²) >= 11 is 0. The number of rotatable bonds is 13. The van der Waals surface area contributed by atoms with Gasteiger partial charge in [0.25, 0.3) is 0 Å². The van der Waals surface area contributed by atoms with Crippen molar-refractivity contribution in [3.63, 3.8) is 0 Å². The largest absolute Gasteiger partial charge is 0.497 e. The van der Waals surface area contributed by atoms with Crippen LogP contribution in [0.15, 0.2) is 84.9 Å². The monoisotopic (exact) mass is 488 g/mol. The van der Waals surface area contributed by atoms with Crippen LogP contribution in [0, 0.1) is 0 Å². The molecule has 0 aromatic heterocycles. The van der Waals surface area contributed by atoms with Crippen LogP contribution in [0.1, 0.15) is 43.0 Å². The van der Waals surface area contributed by atoms with Gasteiger partial charge in [-0.05, 0) is 92.3 Å². The van der Waals surface area contributed by atoms with E-state index in [1.165, 1.54) is 0 Å². The summed E-state index contributed by atoms with van der Waals surface area (Å²) < 4.78 is 21.5. The van der Waals surface area contributed by atoms with E-state index in [0.717, 1.165) is 42.6 Å². The normalized spacial score (nSPS) is 10.4. The molecule has 0 unspecified atom stereocenters. The minimum atomic E-state index is -0.418. The minimum Gasteiger partial charge on any atom is -0.497 e. The van der Waals surface area contributed by atoms with Gasteiger partial charge in [0.2, 0.25) is 0 Å². The summed E-state index contributed by atoms with van der Waals surface area (Å²) in [6.45, 7) is 6.20. The molecule has 0 fully saturated rings. The average Bonchev–Trinajstić information content (AvgIpc) is 2.91. The Bertz CT molecular complexity index is 1130. The van der Waals surface area contributed by atoms with Gasteiger partial charge in [0.05, 0.1) is 25.9 Å². The molecule has 0 aliphatic rings. The van der Waals surface area contributed by atoms with Crippen LogP contribution in [0.3, 0.4) is 0 Å². The van der Waals surface area contributed by atoms with Crippen LogP contribution < -0.4 is 14.2 Å². The van der Waals surface area contributed by atoms with Crippen LogP contribution in [0.2, 0.25) is 0 Å². The van der Waals surface area contributed by atoms with Crippen LogP contribution >= 0.6 is 0 Å². The lowest BCUT2D eigenvalue weighted by Crippen LogP contribution is -2.08. The van der Waals surface area contributed by atoms with Gasteiger partial charge in [-0.25, -0.2) is 9.59 Å². The lowest BCUT2D eigenvalue weighted by molar-refractivity contribution is -0.139. The molecule has 6 nitrogen and oxygen atoms in total. The van der Waals surface area contributed by atoms with E-state index < -0.39 is 5.97 Å². The molecule has 3 aromatic carbocycles. The first kappa shape index (κ1) is 26.5. The van der Waals surface area contributed by atoms with E-state index in [-0.39, 0.29) is 5.97 Å². The van der Waals surface area contributed by atoms with Gasteiger partial charge in [0.1, 0.15) is 17.2 Å². The molecule has 188 valence electrons. The third-order valence-electron chi connectivity index (χ3n) is 5.47. The molecule has 3 aromatic rings. The summed E-state index contributed by atoms with van der Waals surface area (Å²) in [7, 11) is 1.63. The van der Waals surface area contributed by atoms with Crippen LogP contribution in [-0.4, -0.2) is 32.3 Å². The maximum atomic E-state index is 12.5. The van der Waals surface area contributed by atoms with Gasteiger partial charge in [-0.15, -0.1) is 0 Å². The molecule has 0 saturated heterocycles. The SMILES string of the molecule is C=C(C)C(=O)OCCCCCCOc1ccc(OC(=O)c2ccc(-c3ccc(OC)cc3)cc2)cc1. The van der Waals surface area contributed by atoms with E-state index in [9.17, 15) is 9.59 Å². The number of unbranched alkanes of at least 4 members (excludes halogenated alkanes) is 3. The zero-order valence-corrected chi connectivity index (χ0v) is 20.8. The quantitative estimate of drug-likeness (QED) is 0.116. The fourth-order valence-electron chi connectivity index (χ4n) is 3.39. The number of methoxy groups -OCH3 is 1. The van der Waals surface area contributed by atoms with Gasteiger partial charge in [-0.2, -0.15) is 0 Å². The summed E-state index contributed by atoms with van der Waals surface area (Å²) in [4.78, 5) is 23.8. The van der Waals surface area contributed by atoms with Crippen LogP contribution in [-0.2, 0) is 9.53 Å². The second-order valence-electron chi connectivity index (χ2n) is 8.35. The van der Waals surface area contributed by atoms with E-state index in [0.29, 0.717) is 35.8 Å². The first-order chi connectivity index (χ1) is 17.5. The van der Waals surface area contributed by atoms with Gasteiger partial charge >= 0.3 is 11.9 Å². The molecule has 3 rings (SSSR count). The highest BCUT2D eigenvalue weighted by molar-refractivity contribution is 5.91. The van der Waals surface area contributed by atoms with Crippen molar-refractivity contribution in [2.75, 3.05) is 20.3 Å². The fourth-order valence-corrected chi connectivity index (χ4v) is 3.39. The van der Waals surface area contributed by atoms with Gasteiger partial charge in [0.15, 0.2) is 0 Å². The molecule has 0 amide bonds. The number of hydrogen-bond acceptors (Lipinski definition) is 6. The first-order valence-corrected chi connectivity index (χ1v) is 12.0. The molecular formula is C30H32O6. The van der Waals surface area contributed by atoms with Gasteiger partial charge < -0.3 is 18.9 Å². The number of hydrogen-bond donors (Lipinski definition) is 0. The molecule has 0 radical (unpaired) electrons. The van der Waals surface area contributed by atoms with Crippen molar-refractivity contribution in [2.24, 2.45) is 0 Å². The maximum Gasteiger partial charge on any atom is 0.343 e. The van der Waals surface area contributed by atoms with Crippen molar-refractivity contribution in [3.05, 3.63) is 90.5 Å². The Labute approximate surface area is 212 Å². The second-order valence-corrected chi connectivity index (χ2v) is 8.35. The van der Waals surface area contributed by atoms with E-state index >= 15 is 0 Å². The zero-order valence-electron chi connectivity index (χ0n) is 20.8.